The van der Waals surface area contributed by atoms with Crippen molar-refractivity contribution in [1.82, 2.24) is 20.0 Å². The van der Waals surface area contributed by atoms with Crippen molar-refractivity contribution in [1.29, 1.82) is 0 Å². The smallest absolute Gasteiger partial charge is 0.337 e. The van der Waals surface area contributed by atoms with Gasteiger partial charge in [-0.25, -0.2) is 9.78 Å². The quantitative estimate of drug-likeness (QED) is 0.441. The molecule has 1 aliphatic heterocycles. The lowest BCUT2D eigenvalue weighted by Gasteiger charge is -2.33. The van der Waals surface area contributed by atoms with Crippen LogP contribution in [0.25, 0.3) is 21.6 Å². The van der Waals surface area contributed by atoms with Crippen LogP contribution in [-0.2, 0) is 11.3 Å². The number of esters is 1. The lowest BCUT2D eigenvalue weighted by atomic mass is 10.1. The lowest BCUT2D eigenvalue weighted by Crippen LogP contribution is -2.46. The Bertz CT molecular complexity index is 1160. The zero-order valence-electron chi connectivity index (χ0n) is 17.0. The molecule has 0 atom stereocenters. The molecule has 8 nitrogen and oxygen atoms in total. The number of para-hydroxylation sites is 1. The fourth-order valence-electron chi connectivity index (χ4n) is 3.59. The second-order valence-electron chi connectivity index (χ2n) is 7.31. The minimum absolute atomic E-state index is 0.370. The molecule has 5 rings (SSSR count). The molecular formula is C22H21N5O3S. The Morgan fingerprint density at radius 1 is 1.06 bits per heavy atom. The SMILES string of the molecule is COC(=O)c1ccc(-c2noc(CN3CCN(c4nc5ccccc5s4)CC3)n2)cc1. The molecule has 0 radical (unpaired) electrons. The van der Waals surface area contributed by atoms with Crippen molar-refractivity contribution in [2.24, 2.45) is 0 Å². The van der Waals surface area contributed by atoms with E-state index in [0.717, 1.165) is 42.4 Å². The van der Waals surface area contributed by atoms with E-state index in [1.165, 1.54) is 11.8 Å². The summed E-state index contributed by atoms with van der Waals surface area (Å²) in [7, 11) is 1.36. The van der Waals surface area contributed by atoms with E-state index in [0.29, 0.717) is 23.8 Å². The normalized spacial score (nSPS) is 14.8. The average molecular weight is 436 g/mol. The highest BCUT2D eigenvalue weighted by atomic mass is 32.1. The van der Waals surface area contributed by atoms with E-state index < -0.39 is 0 Å². The molecule has 0 unspecified atom stereocenters. The van der Waals surface area contributed by atoms with Crippen LogP contribution in [0.3, 0.4) is 0 Å². The second kappa shape index (κ2) is 8.44. The van der Waals surface area contributed by atoms with Gasteiger partial charge in [-0.15, -0.1) is 0 Å². The number of rotatable bonds is 5. The topological polar surface area (TPSA) is 84.6 Å². The third-order valence-electron chi connectivity index (χ3n) is 5.32. The van der Waals surface area contributed by atoms with Crippen LogP contribution in [0.1, 0.15) is 16.2 Å². The summed E-state index contributed by atoms with van der Waals surface area (Å²) in [5.74, 6) is 0.727. The number of hydrogen-bond acceptors (Lipinski definition) is 9. The molecule has 4 aromatic rings. The molecule has 0 spiro atoms. The number of carbonyl (C=O) groups is 1. The maximum absolute atomic E-state index is 11.6. The maximum atomic E-state index is 11.6. The van der Waals surface area contributed by atoms with Crippen LogP contribution in [0.2, 0.25) is 0 Å². The van der Waals surface area contributed by atoms with E-state index in [2.05, 4.69) is 32.1 Å². The van der Waals surface area contributed by atoms with Crippen LogP contribution in [0.4, 0.5) is 5.13 Å². The van der Waals surface area contributed by atoms with Gasteiger partial charge in [0.1, 0.15) is 0 Å². The van der Waals surface area contributed by atoms with E-state index >= 15 is 0 Å². The van der Waals surface area contributed by atoms with E-state index in [-0.39, 0.29) is 5.97 Å². The molecule has 0 aliphatic carbocycles. The predicted octanol–water partition coefficient (Wildman–Crippen LogP) is 3.46. The first-order valence-corrected chi connectivity index (χ1v) is 10.9. The van der Waals surface area contributed by atoms with Crippen LogP contribution >= 0.6 is 11.3 Å². The summed E-state index contributed by atoms with van der Waals surface area (Å²) in [6.45, 7) is 4.25. The minimum Gasteiger partial charge on any atom is -0.465 e. The minimum atomic E-state index is -0.370. The summed E-state index contributed by atoms with van der Waals surface area (Å²) in [6.07, 6.45) is 0. The average Bonchev–Trinajstić information content (AvgIpc) is 3.46. The maximum Gasteiger partial charge on any atom is 0.337 e. The Labute approximate surface area is 183 Å². The Hall–Kier alpha value is -3.30. The van der Waals surface area contributed by atoms with Gasteiger partial charge in [-0.2, -0.15) is 4.98 Å². The first-order valence-electron chi connectivity index (χ1n) is 10.0. The highest BCUT2D eigenvalue weighted by molar-refractivity contribution is 7.22. The fraction of sp³-hybridized carbons (Fsp3) is 0.273. The van der Waals surface area contributed by atoms with Crippen molar-refractivity contribution >= 4 is 32.7 Å². The number of carbonyl (C=O) groups excluding carboxylic acids is 1. The number of piperazine rings is 1. The van der Waals surface area contributed by atoms with Gasteiger partial charge in [-0.1, -0.05) is 40.8 Å². The Balaban J connectivity index is 1.19. The van der Waals surface area contributed by atoms with Gasteiger partial charge in [0.2, 0.25) is 11.7 Å². The molecule has 1 fully saturated rings. The molecule has 31 heavy (non-hydrogen) atoms. The molecule has 1 aliphatic rings. The van der Waals surface area contributed by atoms with Crippen LogP contribution in [0.5, 0.6) is 0 Å². The third-order valence-corrected chi connectivity index (χ3v) is 6.41. The van der Waals surface area contributed by atoms with Gasteiger partial charge in [-0.05, 0) is 24.3 Å². The van der Waals surface area contributed by atoms with E-state index in [9.17, 15) is 4.79 Å². The monoisotopic (exact) mass is 435 g/mol. The van der Waals surface area contributed by atoms with Crippen molar-refractivity contribution in [3.05, 3.63) is 60.0 Å². The summed E-state index contributed by atoms with van der Waals surface area (Å²) >= 11 is 1.74. The molecule has 3 heterocycles. The zero-order valence-corrected chi connectivity index (χ0v) is 17.8. The van der Waals surface area contributed by atoms with Gasteiger partial charge < -0.3 is 14.2 Å². The van der Waals surface area contributed by atoms with Gasteiger partial charge in [0.15, 0.2) is 5.13 Å². The van der Waals surface area contributed by atoms with Crippen molar-refractivity contribution in [2.75, 3.05) is 38.2 Å². The van der Waals surface area contributed by atoms with Crippen LogP contribution in [-0.4, -0.2) is 59.3 Å². The molecule has 2 aromatic heterocycles. The van der Waals surface area contributed by atoms with Crippen LogP contribution in [0, 0.1) is 0 Å². The molecule has 158 valence electrons. The van der Waals surface area contributed by atoms with Gasteiger partial charge in [0.05, 0.1) is 29.4 Å². The molecule has 0 N–H and O–H groups in total. The molecule has 9 heteroatoms. The lowest BCUT2D eigenvalue weighted by molar-refractivity contribution is 0.0600. The summed E-state index contributed by atoms with van der Waals surface area (Å²) in [5.41, 5.74) is 2.34. The number of nitrogens with zero attached hydrogens (tertiary/aromatic N) is 5. The predicted molar refractivity (Wildman–Crippen MR) is 118 cm³/mol. The van der Waals surface area contributed by atoms with Crippen molar-refractivity contribution in [3.63, 3.8) is 0 Å². The van der Waals surface area contributed by atoms with Gasteiger partial charge in [0.25, 0.3) is 0 Å². The number of methoxy groups -OCH3 is 1. The zero-order chi connectivity index (χ0) is 21.2. The Morgan fingerprint density at radius 3 is 2.58 bits per heavy atom. The molecular weight excluding hydrogens is 414 g/mol. The third kappa shape index (κ3) is 4.14. The van der Waals surface area contributed by atoms with Crippen molar-refractivity contribution in [2.45, 2.75) is 6.54 Å². The van der Waals surface area contributed by atoms with Crippen LogP contribution < -0.4 is 4.90 Å². The summed E-state index contributed by atoms with van der Waals surface area (Å²) in [5, 5.41) is 5.17. The molecule has 1 saturated heterocycles. The highest BCUT2D eigenvalue weighted by Gasteiger charge is 2.22. The van der Waals surface area contributed by atoms with E-state index in [1.54, 1.807) is 35.6 Å². The summed E-state index contributed by atoms with van der Waals surface area (Å²) < 4.78 is 11.4. The second-order valence-corrected chi connectivity index (χ2v) is 8.32. The van der Waals surface area contributed by atoms with Gasteiger partial charge in [0, 0.05) is 31.7 Å². The van der Waals surface area contributed by atoms with Gasteiger partial charge in [-0.3, -0.25) is 4.90 Å². The first kappa shape index (κ1) is 19.7. The van der Waals surface area contributed by atoms with E-state index in [1.807, 2.05) is 12.1 Å². The molecule has 2 aromatic carbocycles. The number of fused-ring (bicyclic) bond motifs is 1. The van der Waals surface area contributed by atoms with Crippen LogP contribution in [0.15, 0.2) is 53.1 Å². The van der Waals surface area contributed by atoms with Crippen molar-refractivity contribution < 1.29 is 14.1 Å². The molecule has 0 saturated carbocycles. The number of anilines is 1. The summed E-state index contributed by atoms with van der Waals surface area (Å²) in [6, 6.07) is 15.2. The fourth-order valence-corrected chi connectivity index (χ4v) is 4.61. The molecule has 0 bridgehead atoms. The van der Waals surface area contributed by atoms with Gasteiger partial charge >= 0.3 is 5.97 Å². The number of aromatic nitrogens is 3. The number of hydrogen-bond donors (Lipinski definition) is 0. The first-order chi connectivity index (χ1) is 15.2. The summed E-state index contributed by atoms with van der Waals surface area (Å²) in [4.78, 5) is 25.5. The Morgan fingerprint density at radius 2 is 1.84 bits per heavy atom. The highest BCUT2D eigenvalue weighted by Crippen LogP contribution is 2.29. The molecule has 0 amide bonds. The number of ether oxygens (including phenoxy) is 1. The van der Waals surface area contributed by atoms with E-state index in [4.69, 9.17) is 14.2 Å². The number of thiazole rings is 1. The largest absolute Gasteiger partial charge is 0.465 e. The number of benzene rings is 2. The van der Waals surface area contributed by atoms with Crippen molar-refractivity contribution in [3.8, 4) is 11.4 Å². The standard InChI is InChI=1S/C22H21N5O3S/c1-29-21(28)16-8-6-15(7-9-16)20-24-19(30-25-20)14-26-10-12-27(13-11-26)22-23-17-4-2-3-5-18(17)31-22/h2-9H,10-14H2,1H3. The Kier molecular flexibility index (Phi) is 5.35.